The number of aromatic nitrogens is 3. The molecular weight excluding hydrogens is 351 g/mol. The van der Waals surface area contributed by atoms with Gasteiger partial charge in [-0.25, -0.2) is 14.4 Å². The normalized spacial score (nSPS) is 17.9. The quantitative estimate of drug-likeness (QED) is 0.633. The molecule has 1 fully saturated rings. The molecule has 5 heteroatoms. The van der Waals surface area contributed by atoms with Crippen molar-refractivity contribution in [1.82, 2.24) is 19.4 Å². The molecule has 1 atom stereocenters. The number of halogens is 1. The van der Waals surface area contributed by atoms with Gasteiger partial charge >= 0.3 is 0 Å². The molecule has 1 aliphatic heterocycles. The molecule has 1 aliphatic rings. The Kier molecular flexibility index (Phi) is 5.53. The third-order valence-electron chi connectivity index (χ3n) is 5.43. The number of pyridine rings is 1. The maximum absolute atomic E-state index is 13.2. The Morgan fingerprint density at radius 2 is 1.96 bits per heavy atom. The van der Waals surface area contributed by atoms with Crippen LogP contribution < -0.4 is 0 Å². The van der Waals surface area contributed by atoms with E-state index in [1.807, 2.05) is 24.5 Å². The minimum atomic E-state index is -0.179. The molecule has 4 rings (SSSR count). The van der Waals surface area contributed by atoms with Gasteiger partial charge in [-0.05, 0) is 49.2 Å². The number of nitrogens with zero attached hydrogens (tertiary/aromatic N) is 4. The first kappa shape index (κ1) is 18.8. The fraction of sp³-hybridized carbons (Fsp3) is 0.391. The fourth-order valence-electron chi connectivity index (χ4n) is 4.03. The predicted octanol–water partition coefficient (Wildman–Crippen LogP) is 4.91. The summed E-state index contributed by atoms with van der Waals surface area (Å²) >= 11 is 0. The number of benzene rings is 1. The summed E-state index contributed by atoms with van der Waals surface area (Å²) in [4.78, 5) is 11.9. The first-order valence-corrected chi connectivity index (χ1v) is 10.1. The van der Waals surface area contributed by atoms with Crippen LogP contribution in [0.5, 0.6) is 0 Å². The van der Waals surface area contributed by atoms with E-state index >= 15 is 0 Å². The van der Waals surface area contributed by atoms with Gasteiger partial charge in [-0.2, -0.15) is 0 Å². The van der Waals surface area contributed by atoms with Crippen LogP contribution in [0.1, 0.15) is 55.6 Å². The van der Waals surface area contributed by atoms with E-state index < -0.39 is 0 Å². The van der Waals surface area contributed by atoms with Crippen LogP contribution in [0.3, 0.4) is 0 Å². The Labute approximate surface area is 166 Å². The topological polar surface area (TPSA) is 34.0 Å². The van der Waals surface area contributed by atoms with E-state index in [1.54, 1.807) is 12.1 Å². The Bertz CT molecular complexity index is 916. The molecule has 1 saturated heterocycles. The van der Waals surface area contributed by atoms with E-state index in [-0.39, 0.29) is 5.82 Å². The third kappa shape index (κ3) is 4.14. The molecule has 4 nitrogen and oxygen atoms in total. The lowest BCUT2D eigenvalue weighted by atomic mass is 9.94. The second kappa shape index (κ2) is 8.23. The average Bonchev–Trinajstić information content (AvgIpc) is 3.20. The maximum Gasteiger partial charge on any atom is 0.138 e. The zero-order chi connectivity index (χ0) is 19.5. The number of imidazole rings is 1. The summed E-state index contributed by atoms with van der Waals surface area (Å²) < 4.78 is 15.2. The van der Waals surface area contributed by atoms with Gasteiger partial charge in [0.15, 0.2) is 0 Å². The molecule has 0 N–H and O–H groups in total. The number of hydrogen-bond acceptors (Lipinski definition) is 3. The Hall–Kier alpha value is -2.53. The zero-order valence-electron chi connectivity index (χ0n) is 16.6. The van der Waals surface area contributed by atoms with Gasteiger partial charge in [0.05, 0.1) is 0 Å². The molecule has 2 aromatic heterocycles. The van der Waals surface area contributed by atoms with Crippen LogP contribution in [0.25, 0.3) is 5.82 Å². The molecular formula is C23H27FN4. The molecule has 3 heterocycles. The molecule has 0 aliphatic carbocycles. The molecule has 0 amide bonds. The number of rotatable bonds is 5. The highest BCUT2D eigenvalue weighted by Crippen LogP contribution is 2.27. The van der Waals surface area contributed by atoms with E-state index in [0.717, 1.165) is 55.4 Å². The van der Waals surface area contributed by atoms with Crippen LogP contribution in [-0.4, -0.2) is 32.5 Å². The lowest BCUT2D eigenvalue weighted by molar-refractivity contribution is 0.198. The summed E-state index contributed by atoms with van der Waals surface area (Å²) in [6.07, 6.45) is 6.13. The van der Waals surface area contributed by atoms with Gasteiger partial charge in [-0.15, -0.1) is 0 Å². The van der Waals surface area contributed by atoms with Crippen molar-refractivity contribution in [2.75, 3.05) is 13.1 Å². The SMILES string of the molecule is CC(C)c1nccn1-c1cccc([C@@H]2CCCN(Cc3ccc(F)cc3)C2)n1. The van der Waals surface area contributed by atoms with Crippen molar-refractivity contribution in [3.63, 3.8) is 0 Å². The monoisotopic (exact) mass is 378 g/mol. The predicted molar refractivity (Wildman–Crippen MR) is 109 cm³/mol. The molecule has 28 heavy (non-hydrogen) atoms. The second-order valence-corrected chi connectivity index (χ2v) is 7.93. The number of hydrogen-bond donors (Lipinski definition) is 0. The van der Waals surface area contributed by atoms with Gasteiger partial charge in [0, 0.05) is 43.0 Å². The first-order chi connectivity index (χ1) is 13.6. The number of piperidine rings is 1. The molecule has 0 spiro atoms. The highest BCUT2D eigenvalue weighted by Gasteiger charge is 2.23. The van der Waals surface area contributed by atoms with E-state index in [0.29, 0.717) is 11.8 Å². The van der Waals surface area contributed by atoms with Crippen LogP contribution in [0.15, 0.2) is 54.9 Å². The molecule has 3 aromatic rings. The van der Waals surface area contributed by atoms with Crippen molar-refractivity contribution >= 4 is 0 Å². The molecule has 0 radical (unpaired) electrons. The summed E-state index contributed by atoms with van der Waals surface area (Å²) in [6, 6.07) is 13.1. The Balaban J connectivity index is 1.51. The van der Waals surface area contributed by atoms with Gasteiger partial charge in [-0.3, -0.25) is 9.47 Å². The average molecular weight is 378 g/mol. The highest BCUT2D eigenvalue weighted by atomic mass is 19.1. The minimum Gasteiger partial charge on any atom is -0.298 e. The van der Waals surface area contributed by atoms with E-state index in [9.17, 15) is 4.39 Å². The van der Waals surface area contributed by atoms with Crippen LogP contribution in [0.2, 0.25) is 0 Å². The van der Waals surface area contributed by atoms with E-state index in [4.69, 9.17) is 4.98 Å². The molecule has 146 valence electrons. The maximum atomic E-state index is 13.2. The van der Waals surface area contributed by atoms with Crippen molar-refractivity contribution in [2.45, 2.75) is 45.1 Å². The van der Waals surface area contributed by atoms with E-state index in [2.05, 4.69) is 46.5 Å². The summed E-state index contributed by atoms with van der Waals surface area (Å²) in [7, 11) is 0. The van der Waals surface area contributed by atoms with Crippen molar-refractivity contribution < 1.29 is 4.39 Å². The summed E-state index contributed by atoms with van der Waals surface area (Å²) in [5.74, 6) is 2.56. The van der Waals surface area contributed by atoms with Crippen LogP contribution in [0, 0.1) is 5.82 Å². The van der Waals surface area contributed by atoms with E-state index in [1.165, 1.54) is 0 Å². The lowest BCUT2D eigenvalue weighted by Crippen LogP contribution is -2.34. The number of likely N-dealkylation sites (tertiary alicyclic amines) is 1. The van der Waals surface area contributed by atoms with Crippen molar-refractivity contribution in [3.05, 3.63) is 77.8 Å². The fourth-order valence-corrected chi connectivity index (χ4v) is 4.03. The van der Waals surface area contributed by atoms with Crippen molar-refractivity contribution in [3.8, 4) is 5.82 Å². The standard InChI is InChI=1S/C23H27FN4/c1-17(2)23-25-12-14-28(23)22-7-3-6-21(26-22)19-5-4-13-27(16-19)15-18-8-10-20(24)11-9-18/h3,6-12,14,17,19H,4-5,13,15-16H2,1-2H3/t19-/m1/s1. The minimum absolute atomic E-state index is 0.179. The van der Waals surface area contributed by atoms with Crippen LogP contribution >= 0.6 is 0 Å². The van der Waals surface area contributed by atoms with Gasteiger partial charge in [0.2, 0.25) is 0 Å². The van der Waals surface area contributed by atoms with Gasteiger partial charge in [-0.1, -0.05) is 32.0 Å². The molecule has 1 aromatic carbocycles. The van der Waals surface area contributed by atoms with Crippen molar-refractivity contribution in [2.24, 2.45) is 0 Å². The van der Waals surface area contributed by atoms with Gasteiger partial charge < -0.3 is 0 Å². The Morgan fingerprint density at radius 1 is 1.14 bits per heavy atom. The van der Waals surface area contributed by atoms with Gasteiger partial charge in [0.25, 0.3) is 0 Å². The summed E-state index contributed by atoms with van der Waals surface area (Å²) in [6.45, 7) is 7.21. The zero-order valence-corrected chi connectivity index (χ0v) is 16.6. The van der Waals surface area contributed by atoms with Crippen LogP contribution in [0.4, 0.5) is 4.39 Å². The Morgan fingerprint density at radius 3 is 2.75 bits per heavy atom. The molecule has 0 bridgehead atoms. The summed E-state index contributed by atoms with van der Waals surface area (Å²) in [5, 5.41) is 0. The van der Waals surface area contributed by atoms with Crippen molar-refractivity contribution in [1.29, 1.82) is 0 Å². The molecule has 0 saturated carbocycles. The van der Waals surface area contributed by atoms with Crippen LogP contribution in [-0.2, 0) is 6.54 Å². The van der Waals surface area contributed by atoms with Gasteiger partial charge in [0.1, 0.15) is 17.5 Å². The third-order valence-corrected chi connectivity index (χ3v) is 5.43. The molecule has 0 unspecified atom stereocenters. The summed E-state index contributed by atoms with van der Waals surface area (Å²) in [5.41, 5.74) is 2.30. The second-order valence-electron chi connectivity index (χ2n) is 7.93. The highest BCUT2D eigenvalue weighted by molar-refractivity contribution is 5.29. The lowest BCUT2D eigenvalue weighted by Gasteiger charge is -2.32. The first-order valence-electron chi connectivity index (χ1n) is 10.1. The largest absolute Gasteiger partial charge is 0.298 e. The smallest absolute Gasteiger partial charge is 0.138 e.